The Kier molecular flexibility index (Phi) is 10.3. The predicted molar refractivity (Wildman–Crippen MR) is 69.0 cm³/mol. The first kappa shape index (κ1) is 16.1. The topological polar surface area (TPSA) is 27.7 Å². The Labute approximate surface area is 103 Å². The highest BCUT2D eigenvalue weighted by Crippen LogP contribution is 2.21. The monoisotopic (exact) mass is 247 g/mol. The van der Waals surface area contributed by atoms with Crippen LogP contribution in [0.1, 0.15) is 59.3 Å². The van der Waals surface area contributed by atoms with Crippen molar-refractivity contribution in [1.29, 1.82) is 0 Å². The third-order valence-electron chi connectivity index (χ3n) is 2.42. The Morgan fingerprint density at radius 3 is 1.69 bits per heavy atom. The van der Waals surface area contributed by atoms with E-state index in [1.165, 1.54) is 10.5 Å². The molecule has 0 aliphatic heterocycles. The first-order valence-corrected chi connectivity index (χ1v) is 7.03. The lowest BCUT2D eigenvalue weighted by molar-refractivity contribution is -0.347. The number of ether oxygens (including phenoxy) is 2. The van der Waals surface area contributed by atoms with E-state index in [-0.39, 0.29) is 0 Å². The van der Waals surface area contributed by atoms with Crippen LogP contribution in [0.3, 0.4) is 0 Å². The van der Waals surface area contributed by atoms with Gasteiger partial charge in [-0.25, -0.2) is 0 Å². The Morgan fingerprint density at radius 2 is 1.38 bits per heavy atom. The molecule has 4 heteroatoms. The third kappa shape index (κ3) is 6.63. The molecule has 97 valence electrons. The van der Waals surface area contributed by atoms with Gasteiger partial charge in [-0.05, 0) is 19.3 Å². The molecule has 0 fully saturated rings. The molecule has 0 saturated heterocycles. The molecule has 0 aliphatic carbocycles. The second-order valence-electron chi connectivity index (χ2n) is 3.98. The Hall–Kier alpha value is 0.0969. The van der Waals surface area contributed by atoms with Crippen molar-refractivity contribution in [2.75, 3.05) is 13.2 Å². The van der Waals surface area contributed by atoms with Crippen molar-refractivity contribution in [3.8, 4) is 0 Å². The van der Waals surface area contributed by atoms with E-state index in [9.17, 15) is 0 Å². The average Bonchev–Trinajstić information content (AvgIpc) is 2.29. The summed E-state index contributed by atoms with van der Waals surface area (Å²) in [5, 5.41) is 0. The Balaban J connectivity index is 4.09. The Morgan fingerprint density at radius 1 is 0.875 bits per heavy atom. The highest BCUT2D eigenvalue weighted by Gasteiger charge is 2.30. The zero-order chi connectivity index (χ0) is 12.3. The molecule has 0 aromatic rings. The smallest absolute Gasteiger partial charge is 0.272 e. The molecular formula is C12H27O3Si. The summed E-state index contributed by atoms with van der Waals surface area (Å²) in [5.41, 5.74) is 0. The van der Waals surface area contributed by atoms with Crippen LogP contribution in [-0.2, 0) is 13.9 Å². The van der Waals surface area contributed by atoms with Gasteiger partial charge in [-0.2, -0.15) is 0 Å². The standard InChI is InChI=1S/C12H27O3Si/c1-4-7-10-13-12(15-16,9-6-3)14-11-8-5-2/h4-11,16H2,1-3H3. The zero-order valence-electron chi connectivity index (χ0n) is 11.1. The van der Waals surface area contributed by atoms with E-state index in [2.05, 4.69) is 20.8 Å². The summed E-state index contributed by atoms with van der Waals surface area (Å²) in [7, 11) is 1.46. The van der Waals surface area contributed by atoms with Gasteiger partial charge in [-0.15, -0.1) is 0 Å². The zero-order valence-corrected chi connectivity index (χ0v) is 12.5. The van der Waals surface area contributed by atoms with Crippen molar-refractivity contribution in [3.63, 3.8) is 0 Å². The molecule has 0 aromatic carbocycles. The summed E-state index contributed by atoms with van der Waals surface area (Å²) in [5.74, 6) is -0.794. The van der Waals surface area contributed by atoms with Crippen LogP contribution in [0.15, 0.2) is 0 Å². The average molecular weight is 247 g/mol. The summed E-state index contributed by atoms with van der Waals surface area (Å²) in [4.78, 5) is 0. The normalized spacial score (nSPS) is 12.0. The second kappa shape index (κ2) is 10.3. The number of hydrogen-bond acceptors (Lipinski definition) is 3. The molecule has 16 heavy (non-hydrogen) atoms. The maximum atomic E-state index is 5.77. The molecule has 0 bridgehead atoms. The van der Waals surface area contributed by atoms with Gasteiger partial charge in [-0.1, -0.05) is 33.6 Å². The fourth-order valence-corrected chi connectivity index (χ4v) is 1.70. The van der Waals surface area contributed by atoms with Crippen molar-refractivity contribution in [2.45, 2.75) is 65.3 Å². The van der Waals surface area contributed by atoms with Gasteiger partial charge in [-0.3, -0.25) is 0 Å². The van der Waals surface area contributed by atoms with Crippen LogP contribution in [0.5, 0.6) is 0 Å². The lowest BCUT2D eigenvalue weighted by Crippen LogP contribution is -2.39. The number of rotatable bonds is 11. The molecule has 0 amide bonds. The van der Waals surface area contributed by atoms with E-state index in [0.717, 1.165) is 38.5 Å². The van der Waals surface area contributed by atoms with Crippen LogP contribution in [-0.4, -0.2) is 29.7 Å². The van der Waals surface area contributed by atoms with Crippen molar-refractivity contribution < 1.29 is 13.9 Å². The maximum Gasteiger partial charge on any atom is 0.272 e. The molecule has 0 aromatic heterocycles. The van der Waals surface area contributed by atoms with Gasteiger partial charge in [0.15, 0.2) is 10.5 Å². The van der Waals surface area contributed by atoms with Gasteiger partial charge >= 0.3 is 0 Å². The van der Waals surface area contributed by atoms with E-state index >= 15 is 0 Å². The molecule has 0 aliphatic rings. The first-order chi connectivity index (χ1) is 7.74. The van der Waals surface area contributed by atoms with Crippen molar-refractivity contribution in [2.24, 2.45) is 0 Å². The lowest BCUT2D eigenvalue weighted by atomic mass is 10.3. The first-order valence-electron chi connectivity index (χ1n) is 6.45. The fraction of sp³-hybridized carbons (Fsp3) is 1.00. The fourth-order valence-electron chi connectivity index (χ4n) is 1.39. The van der Waals surface area contributed by atoms with E-state index in [4.69, 9.17) is 13.9 Å². The van der Waals surface area contributed by atoms with E-state index in [1.807, 2.05) is 0 Å². The minimum absolute atomic E-state index is 0.709. The largest absolute Gasteiger partial charge is 0.377 e. The Bertz CT molecular complexity index is 143. The molecule has 0 atom stereocenters. The van der Waals surface area contributed by atoms with E-state index in [0.29, 0.717) is 13.2 Å². The summed E-state index contributed by atoms with van der Waals surface area (Å²) in [6, 6.07) is 0. The van der Waals surface area contributed by atoms with Gasteiger partial charge in [0, 0.05) is 6.42 Å². The predicted octanol–water partition coefficient (Wildman–Crippen LogP) is 2.64. The number of unbranched alkanes of at least 4 members (excludes halogenated alkanes) is 2. The molecule has 0 unspecified atom stereocenters. The van der Waals surface area contributed by atoms with Crippen molar-refractivity contribution >= 4 is 10.5 Å². The van der Waals surface area contributed by atoms with Crippen LogP contribution in [0.25, 0.3) is 0 Å². The maximum absolute atomic E-state index is 5.77. The summed E-state index contributed by atoms with van der Waals surface area (Å²) < 4.78 is 17.0. The molecule has 3 nitrogen and oxygen atoms in total. The van der Waals surface area contributed by atoms with Gasteiger partial charge in [0.05, 0.1) is 13.2 Å². The highest BCUT2D eigenvalue weighted by molar-refractivity contribution is 5.98. The SMILES string of the molecule is CCCCOC(CCC)(O[SiH2])OCCCC. The van der Waals surface area contributed by atoms with Crippen molar-refractivity contribution in [1.82, 2.24) is 0 Å². The minimum atomic E-state index is -0.794. The van der Waals surface area contributed by atoms with Crippen molar-refractivity contribution in [3.05, 3.63) is 0 Å². The molecule has 1 radical (unpaired) electrons. The van der Waals surface area contributed by atoms with Gasteiger partial charge in [0.1, 0.15) is 0 Å². The van der Waals surface area contributed by atoms with Crippen LogP contribution in [0, 0.1) is 0 Å². The molecule has 0 saturated carbocycles. The van der Waals surface area contributed by atoms with Gasteiger partial charge < -0.3 is 13.9 Å². The molecule has 0 spiro atoms. The quantitative estimate of drug-likeness (QED) is 0.319. The van der Waals surface area contributed by atoms with E-state index < -0.39 is 5.97 Å². The number of hydrogen-bond donors (Lipinski definition) is 0. The van der Waals surface area contributed by atoms with Crippen LogP contribution < -0.4 is 0 Å². The summed E-state index contributed by atoms with van der Waals surface area (Å²) in [6.07, 6.45) is 6.15. The van der Waals surface area contributed by atoms with Crippen LogP contribution in [0.2, 0.25) is 0 Å². The highest BCUT2D eigenvalue weighted by atomic mass is 28.2. The molecule has 0 N–H and O–H groups in total. The summed E-state index contributed by atoms with van der Waals surface area (Å²) >= 11 is 0. The van der Waals surface area contributed by atoms with Crippen LogP contribution >= 0.6 is 0 Å². The molecule has 0 rings (SSSR count). The molecule has 0 heterocycles. The van der Waals surface area contributed by atoms with E-state index in [1.54, 1.807) is 0 Å². The third-order valence-corrected chi connectivity index (χ3v) is 2.86. The second-order valence-corrected chi connectivity index (χ2v) is 4.27. The minimum Gasteiger partial charge on any atom is -0.377 e. The lowest BCUT2D eigenvalue weighted by Gasteiger charge is -2.32. The molecular weight excluding hydrogens is 220 g/mol. The summed E-state index contributed by atoms with van der Waals surface area (Å²) in [6.45, 7) is 7.83. The van der Waals surface area contributed by atoms with Crippen LogP contribution in [0.4, 0.5) is 0 Å². The van der Waals surface area contributed by atoms with Gasteiger partial charge in [0.2, 0.25) is 0 Å². The van der Waals surface area contributed by atoms with Gasteiger partial charge in [0.25, 0.3) is 5.97 Å².